The number of ether oxygens (including phenoxy) is 1. The summed E-state index contributed by atoms with van der Waals surface area (Å²) in [7, 11) is 0. The third kappa shape index (κ3) is 3.46. The van der Waals surface area contributed by atoms with Gasteiger partial charge in [-0.3, -0.25) is 9.69 Å². The first-order chi connectivity index (χ1) is 9.76. The number of hydrogen-bond donors (Lipinski definition) is 0. The summed E-state index contributed by atoms with van der Waals surface area (Å²) in [5.74, 6) is -0.116. The molecule has 0 saturated carbocycles. The summed E-state index contributed by atoms with van der Waals surface area (Å²) in [6.45, 7) is 12.4. The standard InChI is InChI=1S/C16H27N3O2/c1-6-18-12-17-10-13(18)11-19-9-7-8-16(19,5)14(20)21-15(2,3)4/h10,12H,6-9,11H2,1-5H3. The van der Waals surface area contributed by atoms with E-state index in [1.165, 1.54) is 0 Å². The second-order valence-corrected chi connectivity index (χ2v) is 6.97. The third-order valence-electron chi connectivity index (χ3n) is 4.12. The Balaban J connectivity index is 2.14. The summed E-state index contributed by atoms with van der Waals surface area (Å²) in [5.41, 5.74) is 0.171. The third-order valence-corrected chi connectivity index (χ3v) is 4.12. The highest BCUT2D eigenvalue weighted by atomic mass is 16.6. The SMILES string of the molecule is CCn1cncc1CN1CCCC1(C)C(=O)OC(C)(C)C. The monoisotopic (exact) mass is 293 g/mol. The highest BCUT2D eigenvalue weighted by Gasteiger charge is 2.45. The molecule has 1 atom stereocenters. The topological polar surface area (TPSA) is 47.4 Å². The molecule has 5 heteroatoms. The summed E-state index contributed by atoms with van der Waals surface area (Å²) < 4.78 is 7.75. The van der Waals surface area contributed by atoms with Crippen molar-refractivity contribution in [1.82, 2.24) is 14.5 Å². The van der Waals surface area contributed by atoms with Crippen molar-refractivity contribution in [2.45, 2.75) is 71.7 Å². The lowest BCUT2D eigenvalue weighted by Crippen LogP contribution is -2.50. The number of hydrogen-bond acceptors (Lipinski definition) is 4. The Bertz CT molecular complexity index is 504. The van der Waals surface area contributed by atoms with Crippen LogP contribution < -0.4 is 0 Å². The van der Waals surface area contributed by atoms with E-state index in [1.807, 2.05) is 40.2 Å². The van der Waals surface area contributed by atoms with Crippen LogP contribution in [0.5, 0.6) is 0 Å². The zero-order valence-electron chi connectivity index (χ0n) is 13.8. The fourth-order valence-corrected chi connectivity index (χ4v) is 2.85. The Morgan fingerprint density at radius 1 is 1.48 bits per heavy atom. The maximum Gasteiger partial charge on any atom is 0.326 e. The van der Waals surface area contributed by atoms with Gasteiger partial charge in [0.15, 0.2) is 0 Å². The van der Waals surface area contributed by atoms with Gasteiger partial charge in [-0.15, -0.1) is 0 Å². The minimum atomic E-state index is -0.532. The van der Waals surface area contributed by atoms with Crippen molar-refractivity contribution >= 4 is 5.97 Å². The Morgan fingerprint density at radius 3 is 2.81 bits per heavy atom. The van der Waals surface area contributed by atoms with Gasteiger partial charge in [0.1, 0.15) is 11.1 Å². The smallest absolute Gasteiger partial charge is 0.326 e. The molecule has 1 aliphatic heterocycles. The largest absolute Gasteiger partial charge is 0.459 e. The molecule has 1 unspecified atom stereocenters. The van der Waals surface area contributed by atoms with Crippen LogP contribution in [0.2, 0.25) is 0 Å². The second kappa shape index (κ2) is 5.79. The average molecular weight is 293 g/mol. The highest BCUT2D eigenvalue weighted by Crippen LogP contribution is 2.33. The molecule has 5 nitrogen and oxygen atoms in total. The van der Waals surface area contributed by atoms with Crippen LogP contribution >= 0.6 is 0 Å². The van der Waals surface area contributed by atoms with Crippen LogP contribution in [0.25, 0.3) is 0 Å². The van der Waals surface area contributed by atoms with E-state index in [9.17, 15) is 4.79 Å². The van der Waals surface area contributed by atoms with Crippen LogP contribution in [0.15, 0.2) is 12.5 Å². The van der Waals surface area contributed by atoms with Gasteiger partial charge in [0.05, 0.1) is 12.0 Å². The first-order valence-corrected chi connectivity index (χ1v) is 7.74. The van der Waals surface area contributed by atoms with Crippen molar-refractivity contribution < 1.29 is 9.53 Å². The lowest BCUT2D eigenvalue weighted by atomic mass is 9.98. The molecule has 0 aromatic carbocycles. The molecule has 2 rings (SSSR count). The number of imidazole rings is 1. The van der Waals surface area contributed by atoms with Gasteiger partial charge in [-0.25, -0.2) is 4.98 Å². The molecule has 1 saturated heterocycles. The summed E-state index contributed by atoms with van der Waals surface area (Å²) in [4.78, 5) is 19.0. The summed E-state index contributed by atoms with van der Waals surface area (Å²) in [5, 5.41) is 0. The van der Waals surface area contributed by atoms with Crippen LogP contribution in [0.3, 0.4) is 0 Å². The van der Waals surface area contributed by atoms with E-state index < -0.39 is 11.1 Å². The molecular weight excluding hydrogens is 266 g/mol. The fraction of sp³-hybridized carbons (Fsp3) is 0.750. The molecule has 118 valence electrons. The molecule has 1 aromatic heterocycles. The van der Waals surface area contributed by atoms with Crippen molar-refractivity contribution in [2.24, 2.45) is 0 Å². The first kappa shape index (κ1) is 16.0. The van der Waals surface area contributed by atoms with E-state index >= 15 is 0 Å². The number of esters is 1. The minimum absolute atomic E-state index is 0.116. The molecule has 0 spiro atoms. The predicted molar refractivity (Wildman–Crippen MR) is 81.8 cm³/mol. The molecule has 0 bridgehead atoms. The van der Waals surface area contributed by atoms with Crippen molar-refractivity contribution in [2.75, 3.05) is 6.54 Å². The van der Waals surface area contributed by atoms with Gasteiger partial charge in [-0.05, 0) is 54.0 Å². The van der Waals surface area contributed by atoms with Crippen molar-refractivity contribution in [3.05, 3.63) is 18.2 Å². The highest BCUT2D eigenvalue weighted by molar-refractivity contribution is 5.81. The predicted octanol–water partition coefficient (Wildman–Crippen LogP) is 2.60. The van der Waals surface area contributed by atoms with E-state index in [2.05, 4.69) is 21.4 Å². The van der Waals surface area contributed by atoms with Gasteiger partial charge in [0, 0.05) is 19.3 Å². The van der Waals surface area contributed by atoms with E-state index in [4.69, 9.17) is 4.74 Å². The molecule has 0 radical (unpaired) electrons. The van der Waals surface area contributed by atoms with Crippen LogP contribution in [-0.2, 0) is 22.6 Å². The van der Waals surface area contributed by atoms with Crippen molar-refractivity contribution in [3.8, 4) is 0 Å². The fourth-order valence-electron chi connectivity index (χ4n) is 2.85. The van der Waals surface area contributed by atoms with E-state index in [0.717, 1.165) is 38.2 Å². The van der Waals surface area contributed by atoms with Crippen molar-refractivity contribution in [1.29, 1.82) is 0 Å². The number of aromatic nitrogens is 2. The van der Waals surface area contributed by atoms with Gasteiger partial charge in [0.2, 0.25) is 0 Å². The molecule has 0 amide bonds. The molecule has 1 aromatic rings. The van der Waals surface area contributed by atoms with Crippen LogP contribution in [-0.4, -0.2) is 38.1 Å². The Kier molecular flexibility index (Phi) is 4.42. The minimum Gasteiger partial charge on any atom is -0.459 e. The van der Waals surface area contributed by atoms with Crippen LogP contribution in [0.4, 0.5) is 0 Å². The van der Waals surface area contributed by atoms with Gasteiger partial charge < -0.3 is 9.30 Å². The van der Waals surface area contributed by atoms with Crippen LogP contribution in [0.1, 0.15) is 53.2 Å². The summed E-state index contributed by atoms with van der Waals surface area (Å²) >= 11 is 0. The zero-order valence-corrected chi connectivity index (χ0v) is 13.8. The van der Waals surface area contributed by atoms with Crippen molar-refractivity contribution in [3.63, 3.8) is 0 Å². The molecule has 1 fully saturated rings. The number of carbonyl (C=O) groups excluding carboxylic acids is 1. The normalized spacial score (nSPS) is 23.5. The van der Waals surface area contributed by atoms with Gasteiger partial charge >= 0.3 is 5.97 Å². The lowest BCUT2D eigenvalue weighted by molar-refractivity contribution is -0.167. The molecule has 2 heterocycles. The molecule has 0 aliphatic carbocycles. The number of rotatable bonds is 4. The average Bonchev–Trinajstić information content (AvgIpc) is 2.96. The van der Waals surface area contributed by atoms with Crippen LogP contribution in [0, 0.1) is 0 Å². The van der Waals surface area contributed by atoms with Gasteiger partial charge in [0.25, 0.3) is 0 Å². The summed E-state index contributed by atoms with van der Waals surface area (Å²) in [6, 6.07) is 0. The molecule has 1 aliphatic rings. The van der Waals surface area contributed by atoms with E-state index in [-0.39, 0.29) is 5.97 Å². The second-order valence-electron chi connectivity index (χ2n) is 6.97. The van der Waals surface area contributed by atoms with E-state index in [1.54, 1.807) is 0 Å². The van der Waals surface area contributed by atoms with Gasteiger partial charge in [-0.2, -0.15) is 0 Å². The van der Waals surface area contributed by atoms with E-state index in [0.29, 0.717) is 0 Å². The molecule has 21 heavy (non-hydrogen) atoms. The Morgan fingerprint density at radius 2 is 2.19 bits per heavy atom. The maximum absolute atomic E-state index is 12.6. The lowest BCUT2D eigenvalue weighted by Gasteiger charge is -2.35. The number of aryl methyl sites for hydroxylation is 1. The molecular formula is C16H27N3O2. The van der Waals surface area contributed by atoms with Gasteiger partial charge in [-0.1, -0.05) is 0 Å². The maximum atomic E-state index is 12.6. The number of carbonyl (C=O) groups is 1. The zero-order chi connectivity index (χ0) is 15.7. The first-order valence-electron chi connectivity index (χ1n) is 7.74. The number of nitrogens with zero attached hydrogens (tertiary/aromatic N) is 3. The Hall–Kier alpha value is -1.36. The Labute approximate surface area is 127 Å². The number of likely N-dealkylation sites (tertiary alicyclic amines) is 1. The quantitative estimate of drug-likeness (QED) is 0.801. The molecule has 0 N–H and O–H groups in total. The summed E-state index contributed by atoms with van der Waals surface area (Å²) in [6.07, 6.45) is 5.60.